The molecule has 22 heteroatoms. The summed E-state index contributed by atoms with van der Waals surface area (Å²) in [4.78, 5) is 120. The second-order valence-corrected chi connectivity index (χ2v) is 12.3. The van der Waals surface area contributed by atoms with E-state index in [-0.39, 0.29) is 25.0 Å². The molecular formula is C32H44N6O15S. The number of urea groups is 1. The van der Waals surface area contributed by atoms with E-state index >= 15 is 0 Å². The first kappa shape index (κ1) is 46.1. The van der Waals surface area contributed by atoms with E-state index in [2.05, 4.69) is 33.9 Å². The Morgan fingerprint density at radius 1 is 0.556 bits per heavy atom. The summed E-state index contributed by atoms with van der Waals surface area (Å²) >= 11 is 3.90. The minimum Gasteiger partial charge on any atom is -0.481 e. The third-order valence-corrected chi connectivity index (χ3v) is 7.83. The molecule has 0 saturated carbocycles. The number of carbonyl (C=O) groups excluding carboxylic acids is 5. The Hall–Kier alpha value is -5.93. The van der Waals surface area contributed by atoms with Gasteiger partial charge in [0, 0.05) is 37.5 Å². The normalized spacial score (nSPS) is 14.0. The van der Waals surface area contributed by atoms with E-state index in [1.165, 1.54) is 6.92 Å². The van der Waals surface area contributed by atoms with Gasteiger partial charge in [-0.2, -0.15) is 12.6 Å². The number of carbonyl (C=O) groups is 10. The Labute approximate surface area is 313 Å². The molecule has 0 saturated heterocycles. The number of hydrogen-bond donors (Lipinski definition) is 12. The first-order valence-electron chi connectivity index (χ1n) is 16.4. The molecule has 1 aromatic carbocycles. The van der Waals surface area contributed by atoms with Gasteiger partial charge in [0.2, 0.25) is 23.6 Å². The zero-order valence-electron chi connectivity index (χ0n) is 29.0. The van der Waals surface area contributed by atoms with Crippen molar-refractivity contribution in [2.45, 2.75) is 94.5 Å². The lowest BCUT2D eigenvalue weighted by Crippen LogP contribution is -2.57. The van der Waals surface area contributed by atoms with Gasteiger partial charge in [-0.3, -0.25) is 28.8 Å². The molecule has 0 aromatic heterocycles. The van der Waals surface area contributed by atoms with Crippen LogP contribution in [0.15, 0.2) is 30.3 Å². The highest BCUT2D eigenvalue weighted by Crippen LogP contribution is 2.07. The molecule has 0 aliphatic carbocycles. The maximum atomic E-state index is 13.2. The van der Waals surface area contributed by atoms with E-state index in [1.807, 2.05) is 10.6 Å². The molecule has 1 aromatic rings. The van der Waals surface area contributed by atoms with Crippen molar-refractivity contribution >= 4 is 72.1 Å². The standard InChI is InChI=1S/C32H44N6O15S/c1-16(33-23(39)11-8-18(29(47)48)37-32(53)38-19(30(49)50)9-12-25(41)42)7-10-24(40)34-21(14-26(43)44)28(46)35-20(13-17-5-3-2-4-6-17)27(45)36-22(15-54)31(51)52/h2-6,16,18-22,54H,7-15H2,1H3,(H,33,39)(H,34,40)(H,35,46)(H,36,45)(H,41,42)(H,43,44)(H,47,48)(H,49,50)(H,51,52)(H2,37,38,53)/t16-,18+,19+,20+,21+,22+/m1/s1. The van der Waals surface area contributed by atoms with Crippen molar-refractivity contribution in [2.75, 3.05) is 5.75 Å². The van der Waals surface area contributed by atoms with Crippen LogP contribution in [0, 0.1) is 0 Å². The van der Waals surface area contributed by atoms with Gasteiger partial charge in [0.15, 0.2) is 0 Å². The summed E-state index contributed by atoms with van der Waals surface area (Å²) < 4.78 is 0. The maximum absolute atomic E-state index is 13.2. The lowest BCUT2D eigenvalue weighted by atomic mass is 10.0. The van der Waals surface area contributed by atoms with Gasteiger partial charge < -0.3 is 57.4 Å². The third kappa shape index (κ3) is 18.5. The van der Waals surface area contributed by atoms with Crippen molar-refractivity contribution in [1.82, 2.24) is 31.9 Å². The van der Waals surface area contributed by atoms with Crippen molar-refractivity contribution in [1.29, 1.82) is 0 Å². The lowest BCUT2D eigenvalue weighted by Gasteiger charge is -2.24. The van der Waals surface area contributed by atoms with Crippen LogP contribution in [0.1, 0.15) is 57.4 Å². The van der Waals surface area contributed by atoms with Gasteiger partial charge in [0.05, 0.1) is 6.42 Å². The van der Waals surface area contributed by atoms with E-state index in [1.54, 1.807) is 30.3 Å². The third-order valence-electron chi connectivity index (χ3n) is 7.47. The molecule has 6 amide bonds. The Balaban J connectivity index is 2.79. The molecule has 0 unspecified atom stereocenters. The number of aliphatic carboxylic acids is 5. The van der Waals surface area contributed by atoms with Gasteiger partial charge in [-0.1, -0.05) is 30.3 Å². The lowest BCUT2D eigenvalue weighted by molar-refractivity contribution is -0.142. The van der Waals surface area contributed by atoms with Crippen LogP contribution in [0.3, 0.4) is 0 Å². The smallest absolute Gasteiger partial charge is 0.327 e. The number of nitrogens with one attached hydrogen (secondary N) is 6. The minimum absolute atomic E-state index is 0.0335. The second-order valence-electron chi connectivity index (χ2n) is 11.9. The van der Waals surface area contributed by atoms with Crippen LogP contribution in [-0.2, 0) is 49.6 Å². The maximum Gasteiger partial charge on any atom is 0.327 e. The fourth-order valence-electron chi connectivity index (χ4n) is 4.62. The first-order chi connectivity index (χ1) is 25.3. The van der Waals surface area contributed by atoms with Crippen LogP contribution in [0.25, 0.3) is 0 Å². The van der Waals surface area contributed by atoms with Crippen LogP contribution in [0.4, 0.5) is 4.79 Å². The Kier molecular flexibility index (Phi) is 20.1. The van der Waals surface area contributed by atoms with E-state index in [0.717, 1.165) is 0 Å². The largest absolute Gasteiger partial charge is 0.481 e. The van der Waals surface area contributed by atoms with Gasteiger partial charge in [-0.15, -0.1) is 0 Å². The average Bonchev–Trinajstić information content (AvgIpc) is 3.08. The van der Waals surface area contributed by atoms with Crippen LogP contribution in [0.2, 0.25) is 0 Å². The first-order valence-corrected chi connectivity index (χ1v) is 17.0. The van der Waals surface area contributed by atoms with Gasteiger partial charge in [0.1, 0.15) is 30.2 Å². The van der Waals surface area contributed by atoms with Crippen LogP contribution < -0.4 is 31.9 Å². The fraction of sp³-hybridized carbons (Fsp3) is 0.500. The zero-order valence-corrected chi connectivity index (χ0v) is 29.9. The van der Waals surface area contributed by atoms with Crippen molar-refractivity contribution in [3.63, 3.8) is 0 Å². The van der Waals surface area contributed by atoms with Crippen LogP contribution in [0.5, 0.6) is 0 Å². The molecule has 0 spiro atoms. The van der Waals surface area contributed by atoms with E-state index < -0.39 is 128 Å². The molecule has 11 N–H and O–H groups in total. The summed E-state index contributed by atoms with van der Waals surface area (Å²) in [6.45, 7) is 1.50. The van der Waals surface area contributed by atoms with Gasteiger partial charge in [-0.25, -0.2) is 19.2 Å². The summed E-state index contributed by atoms with van der Waals surface area (Å²) in [5.41, 5.74) is 0.574. The van der Waals surface area contributed by atoms with Crippen LogP contribution >= 0.6 is 12.6 Å². The molecule has 0 radical (unpaired) electrons. The number of thiol groups is 1. The predicted octanol–water partition coefficient (Wildman–Crippen LogP) is -1.69. The van der Waals surface area contributed by atoms with Gasteiger partial charge >= 0.3 is 35.9 Å². The highest BCUT2D eigenvalue weighted by Gasteiger charge is 2.31. The molecule has 54 heavy (non-hydrogen) atoms. The van der Waals surface area contributed by atoms with E-state index in [4.69, 9.17) is 10.2 Å². The van der Waals surface area contributed by atoms with Gasteiger partial charge in [-0.05, 0) is 31.7 Å². The predicted molar refractivity (Wildman–Crippen MR) is 187 cm³/mol. The number of carboxylic acids is 5. The van der Waals surface area contributed by atoms with Gasteiger partial charge in [0.25, 0.3) is 0 Å². The van der Waals surface area contributed by atoms with E-state index in [9.17, 15) is 63.3 Å². The monoisotopic (exact) mass is 784 g/mol. The number of benzene rings is 1. The Morgan fingerprint density at radius 2 is 1.04 bits per heavy atom. The minimum atomic E-state index is -1.66. The molecule has 6 atom stereocenters. The highest BCUT2D eigenvalue weighted by molar-refractivity contribution is 7.80. The average molecular weight is 785 g/mol. The van der Waals surface area contributed by atoms with Crippen molar-refractivity contribution in [2.24, 2.45) is 0 Å². The quantitative estimate of drug-likeness (QED) is 0.0492. The second kappa shape index (κ2) is 23.6. The molecule has 21 nitrogen and oxygen atoms in total. The molecule has 0 heterocycles. The topological polar surface area (TPSA) is 344 Å². The molecule has 298 valence electrons. The number of rotatable bonds is 25. The zero-order chi connectivity index (χ0) is 41.0. The molecule has 0 bridgehead atoms. The summed E-state index contributed by atoms with van der Waals surface area (Å²) in [5.74, 6) is -10.9. The van der Waals surface area contributed by atoms with Crippen molar-refractivity contribution in [3.05, 3.63) is 35.9 Å². The van der Waals surface area contributed by atoms with E-state index in [0.29, 0.717) is 5.56 Å². The van der Waals surface area contributed by atoms with Crippen molar-refractivity contribution in [3.8, 4) is 0 Å². The number of carboxylic acid groups (broad SMARTS) is 5. The SMILES string of the molecule is C[C@H](CCC(=O)N[C@@H](CC(=O)O)C(=O)N[C@@H](Cc1ccccc1)C(=O)N[C@@H](CS)C(=O)O)NC(=O)CC[C@H](NC(=O)N[C@@H](CCC(=O)O)C(=O)O)C(=O)O. The fourth-order valence-corrected chi connectivity index (χ4v) is 4.87. The highest BCUT2D eigenvalue weighted by atomic mass is 32.1. The Bertz CT molecular complexity index is 1530. The summed E-state index contributed by atoms with van der Waals surface area (Å²) in [6.07, 6.45) is -3.27. The number of amides is 6. The summed E-state index contributed by atoms with van der Waals surface area (Å²) in [7, 11) is 0. The molecule has 0 aliphatic rings. The summed E-state index contributed by atoms with van der Waals surface area (Å²) in [6, 6.07) is -1.29. The van der Waals surface area contributed by atoms with Crippen molar-refractivity contribution < 1.29 is 73.5 Å². The van der Waals surface area contributed by atoms with Crippen LogP contribution in [-0.4, -0.2) is 127 Å². The molecule has 0 fully saturated rings. The summed E-state index contributed by atoms with van der Waals surface area (Å²) in [5, 5.41) is 59.4. The molecule has 1 rings (SSSR count). The molecule has 0 aliphatic heterocycles. The molecular weight excluding hydrogens is 740 g/mol. The number of hydrogen-bond acceptors (Lipinski definition) is 11. The Morgan fingerprint density at radius 3 is 1.54 bits per heavy atom.